The van der Waals surface area contributed by atoms with Crippen molar-refractivity contribution in [2.75, 3.05) is 6.61 Å². The highest BCUT2D eigenvalue weighted by atomic mass is 19.2. The number of aliphatic hydroxyl groups excluding tert-OH is 1. The molecule has 1 rings (SSSR count). The molecule has 1 unspecified atom stereocenters. The number of rotatable bonds is 6. The van der Waals surface area contributed by atoms with Crippen LogP contribution in [0.25, 0.3) is 0 Å². The van der Waals surface area contributed by atoms with Crippen molar-refractivity contribution in [1.29, 1.82) is 0 Å². The average Bonchev–Trinajstić information content (AvgIpc) is 2.39. The summed E-state index contributed by atoms with van der Waals surface area (Å²) in [5.74, 6) is -6.52. The van der Waals surface area contributed by atoms with E-state index >= 15 is 0 Å². The van der Waals surface area contributed by atoms with Crippen LogP contribution in [0.5, 0.6) is 5.75 Å². The summed E-state index contributed by atoms with van der Waals surface area (Å²) in [5, 5.41) is 9.37. The van der Waals surface area contributed by atoms with E-state index in [0.29, 0.717) is 6.07 Å². The SMILES string of the molecule is Cc1cc(F)c(F)c(OC(=O)CONC(O)OC(C)(C)C)c1F. The Labute approximate surface area is 131 Å². The van der Waals surface area contributed by atoms with E-state index in [-0.39, 0.29) is 5.56 Å². The zero-order valence-corrected chi connectivity index (χ0v) is 13.1. The number of nitrogens with one attached hydrogen (secondary N) is 1. The third kappa shape index (κ3) is 6.14. The minimum Gasteiger partial charge on any atom is -0.418 e. The number of aryl methyl sites for hydroxylation is 1. The number of esters is 1. The molecule has 0 amide bonds. The number of hydroxylamine groups is 1. The van der Waals surface area contributed by atoms with Gasteiger partial charge in [0.05, 0.1) is 5.60 Å². The van der Waals surface area contributed by atoms with Crippen LogP contribution in [0.2, 0.25) is 0 Å². The van der Waals surface area contributed by atoms with E-state index in [2.05, 4.69) is 9.57 Å². The van der Waals surface area contributed by atoms with Crippen LogP contribution in [0.1, 0.15) is 26.3 Å². The lowest BCUT2D eigenvalue weighted by Gasteiger charge is -2.23. The topological polar surface area (TPSA) is 77.0 Å². The highest BCUT2D eigenvalue weighted by Gasteiger charge is 2.22. The standard InChI is InChI=1S/C14H18F3NO5/c1-7-5-8(15)11(17)12(10(7)16)22-9(19)6-21-18-13(20)23-14(2,3)4/h5,13,18,20H,6H2,1-4H3. The maximum atomic E-state index is 13.6. The molecule has 0 aromatic heterocycles. The molecule has 23 heavy (non-hydrogen) atoms. The predicted molar refractivity (Wildman–Crippen MR) is 72.6 cm³/mol. The molecule has 1 aromatic rings. The fourth-order valence-electron chi connectivity index (χ4n) is 1.46. The Morgan fingerprint density at radius 2 is 1.91 bits per heavy atom. The van der Waals surface area contributed by atoms with Gasteiger partial charge >= 0.3 is 5.97 Å². The lowest BCUT2D eigenvalue weighted by Crippen LogP contribution is -2.39. The number of carbonyl (C=O) groups excluding carboxylic acids is 1. The molecule has 0 bridgehead atoms. The Balaban J connectivity index is 2.56. The molecule has 6 nitrogen and oxygen atoms in total. The highest BCUT2D eigenvalue weighted by molar-refractivity contribution is 5.73. The molecule has 130 valence electrons. The first-order chi connectivity index (χ1) is 10.5. The van der Waals surface area contributed by atoms with Crippen LogP contribution in [0.15, 0.2) is 6.07 Å². The van der Waals surface area contributed by atoms with E-state index in [1.165, 1.54) is 6.92 Å². The van der Waals surface area contributed by atoms with Crippen molar-refractivity contribution in [2.24, 2.45) is 0 Å². The maximum absolute atomic E-state index is 13.6. The molecule has 0 saturated heterocycles. The zero-order chi connectivity index (χ0) is 17.8. The van der Waals surface area contributed by atoms with Crippen molar-refractivity contribution in [3.8, 4) is 5.75 Å². The van der Waals surface area contributed by atoms with E-state index in [9.17, 15) is 23.1 Å². The van der Waals surface area contributed by atoms with E-state index < -0.39 is 47.8 Å². The fourth-order valence-corrected chi connectivity index (χ4v) is 1.46. The van der Waals surface area contributed by atoms with Crippen LogP contribution < -0.4 is 10.2 Å². The normalized spacial score (nSPS) is 13.0. The average molecular weight is 337 g/mol. The van der Waals surface area contributed by atoms with Crippen molar-refractivity contribution in [2.45, 2.75) is 39.7 Å². The molecule has 0 aliphatic rings. The number of carbonyl (C=O) groups is 1. The van der Waals surface area contributed by atoms with Gasteiger partial charge in [-0.2, -0.15) is 4.39 Å². The van der Waals surface area contributed by atoms with Crippen LogP contribution in [-0.4, -0.2) is 29.7 Å². The highest BCUT2D eigenvalue weighted by Crippen LogP contribution is 2.26. The monoisotopic (exact) mass is 337 g/mol. The summed E-state index contributed by atoms with van der Waals surface area (Å²) in [6.45, 7) is 5.39. The molecule has 9 heteroatoms. The first kappa shape index (κ1) is 19.4. The van der Waals surface area contributed by atoms with E-state index in [1.54, 1.807) is 20.8 Å². The zero-order valence-electron chi connectivity index (χ0n) is 13.1. The van der Waals surface area contributed by atoms with E-state index in [4.69, 9.17) is 4.74 Å². The molecular formula is C14H18F3NO5. The number of halogens is 3. The largest absolute Gasteiger partial charge is 0.418 e. The van der Waals surface area contributed by atoms with Crippen molar-refractivity contribution in [3.05, 3.63) is 29.1 Å². The second-order valence-electron chi connectivity index (χ2n) is 5.60. The van der Waals surface area contributed by atoms with Gasteiger partial charge in [-0.25, -0.2) is 13.6 Å². The first-order valence-electron chi connectivity index (χ1n) is 6.59. The number of hydrogen-bond acceptors (Lipinski definition) is 6. The Morgan fingerprint density at radius 1 is 1.30 bits per heavy atom. The van der Waals surface area contributed by atoms with Crippen LogP contribution >= 0.6 is 0 Å². The van der Waals surface area contributed by atoms with Gasteiger partial charge in [0.15, 0.2) is 18.2 Å². The summed E-state index contributed by atoms with van der Waals surface area (Å²) < 4.78 is 49.6. The first-order valence-corrected chi connectivity index (χ1v) is 6.59. The fraction of sp³-hybridized carbons (Fsp3) is 0.500. The molecule has 2 N–H and O–H groups in total. The van der Waals surface area contributed by atoms with Crippen molar-refractivity contribution < 1.29 is 37.4 Å². The third-order valence-electron chi connectivity index (χ3n) is 2.35. The number of hydrogen-bond donors (Lipinski definition) is 2. The maximum Gasteiger partial charge on any atom is 0.339 e. The van der Waals surface area contributed by atoms with Crippen LogP contribution in [0.3, 0.4) is 0 Å². The van der Waals surface area contributed by atoms with Gasteiger partial charge in [0.2, 0.25) is 18.0 Å². The molecule has 0 radical (unpaired) electrons. The van der Waals surface area contributed by atoms with Gasteiger partial charge in [-0.05, 0) is 39.3 Å². The van der Waals surface area contributed by atoms with Crippen molar-refractivity contribution in [1.82, 2.24) is 5.48 Å². The minimum atomic E-state index is -1.62. The lowest BCUT2D eigenvalue weighted by atomic mass is 10.2. The van der Waals surface area contributed by atoms with Crippen LogP contribution in [-0.2, 0) is 14.4 Å². The molecule has 0 spiro atoms. The number of ether oxygens (including phenoxy) is 2. The quantitative estimate of drug-likeness (QED) is 0.272. The van der Waals surface area contributed by atoms with Crippen molar-refractivity contribution >= 4 is 5.97 Å². The van der Waals surface area contributed by atoms with E-state index in [0.717, 1.165) is 0 Å². The number of aliphatic hydroxyl groups is 1. The molecule has 0 aliphatic heterocycles. The Bertz CT molecular complexity index is 548. The molecule has 0 heterocycles. The summed E-state index contributed by atoms with van der Waals surface area (Å²) in [6, 6.07) is 0.639. The molecular weight excluding hydrogens is 319 g/mol. The Morgan fingerprint density at radius 3 is 2.48 bits per heavy atom. The summed E-state index contributed by atoms with van der Waals surface area (Å²) in [7, 11) is 0. The Hall–Kier alpha value is -1.68. The molecule has 0 saturated carbocycles. The van der Waals surface area contributed by atoms with Crippen molar-refractivity contribution in [3.63, 3.8) is 0 Å². The molecule has 1 aromatic carbocycles. The summed E-state index contributed by atoms with van der Waals surface area (Å²) >= 11 is 0. The van der Waals surface area contributed by atoms with Gasteiger partial charge in [-0.15, -0.1) is 5.48 Å². The lowest BCUT2D eigenvalue weighted by molar-refractivity contribution is -0.234. The molecule has 1 atom stereocenters. The van der Waals surface area contributed by atoms with Gasteiger partial charge in [-0.1, -0.05) is 0 Å². The van der Waals surface area contributed by atoms with Gasteiger partial charge in [-0.3, -0.25) is 4.84 Å². The van der Waals surface area contributed by atoms with Crippen LogP contribution in [0.4, 0.5) is 13.2 Å². The van der Waals surface area contributed by atoms with Gasteiger partial charge in [0.1, 0.15) is 0 Å². The Kier molecular flexibility index (Phi) is 6.51. The summed E-state index contributed by atoms with van der Waals surface area (Å²) in [6.07, 6.45) is -1.53. The van der Waals surface area contributed by atoms with Crippen LogP contribution in [0, 0.1) is 24.4 Å². The molecule has 0 fully saturated rings. The number of benzene rings is 1. The van der Waals surface area contributed by atoms with Gasteiger partial charge < -0.3 is 14.6 Å². The van der Waals surface area contributed by atoms with Gasteiger partial charge in [0.25, 0.3) is 0 Å². The third-order valence-corrected chi connectivity index (χ3v) is 2.35. The van der Waals surface area contributed by atoms with E-state index in [1.807, 2.05) is 5.48 Å². The summed E-state index contributed by atoms with van der Waals surface area (Å²) in [4.78, 5) is 16.0. The smallest absolute Gasteiger partial charge is 0.339 e. The molecule has 0 aliphatic carbocycles. The summed E-state index contributed by atoms with van der Waals surface area (Å²) in [5.41, 5.74) is 1.08. The second kappa shape index (κ2) is 7.73. The van der Waals surface area contributed by atoms with Gasteiger partial charge in [0, 0.05) is 0 Å². The second-order valence-corrected chi connectivity index (χ2v) is 5.60. The minimum absolute atomic E-state index is 0.222. The predicted octanol–water partition coefficient (Wildman–Crippen LogP) is 1.93.